The molecule has 0 aliphatic carbocycles. The van der Waals surface area contributed by atoms with Gasteiger partial charge in [-0.1, -0.05) is 36.4 Å². The molecule has 0 saturated heterocycles. The minimum Gasteiger partial charge on any atom is -0.493 e. The average molecular weight is 431 g/mol. The van der Waals surface area contributed by atoms with E-state index in [0.29, 0.717) is 11.5 Å². The molecule has 0 saturated carbocycles. The van der Waals surface area contributed by atoms with Gasteiger partial charge in [0.05, 0.1) is 34.7 Å². The first-order valence-electron chi connectivity index (χ1n) is 9.41. The van der Waals surface area contributed by atoms with Gasteiger partial charge in [-0.25, -0.2) is 9.97 Å². The summed E-state index contributed by atoms with van der Waals surface area (Å²) in [5, 5.41) is 1.86. The second kappa shape index (κ2) is 7.89. The maximum absolute atomic E-state index is 5.65. The van der Waals surface area contributed by atoms with Crippen molar-refractivity contribution in [1.82, 2.24) is 9.97 Å². The van der Waals surface area contributed by atoms with Gasteiger partial charge in [-0.2, -0.15) is 0 Å². The van der Waals surface area contributed by atoms with Crippen LogP contribution in [0.5, 0.6) is 11.5 Å². The molecule has 0 spiro atoms. The Hall–Kier alpha value is -3.22. The number of fused-ring (bicyclic) bond motifs is 2. The first-order valence-corrected chi connectivity index (χ1v) is 11.0. The second-order valence-corrected chi connectivity index (χ2v) is 8.68. The summed E-state index contributed by atoms with van der Waals surface area (Å²) in [6.45, 7) is 0. The minimum atomic E-state index is 0.694. The van der Waals surface area contributed by atoms with Crippen molar-refractivity contribution in [3.8, 4) is 11.5 Å². The monoisotopic (exact) mass is 430 g/mol. The van der Waals surface area contributed by atoms with Gasteiger partial charge < -0.3 is 9.47 Å². The summed E-state index contributed by atoms with van der Waals surface area (Å²) in [5.41, 5.74) is 3.87. The summed E-state index contributed by atoms with van der Waals surface area (Å²) in [5.74, 6) is 1.39. The van der Waals surface area contributed by atoms with Crippen molar-refractivity contribution in [3.63, 3.8) is 0 Å². The second-order valence-electron chi connectivity index (χ2n) is 6.61. The zero-order chi connectivity index (χ0) is 20.5. The van der Waals surface area contributed by atoms with Crippen LogP contribution >= 0.6 is 22.7 Å². The lowest BCUT2D eigenvalue weighted by Crippen LogP contribution is -1.94. The van der Waals surface area contributed by atoms with E-state index in [2.05, 4.69) is 18.2 Å². The molecular weight excluding hydrogens is 412 g/mol. The Morgan fingerprint density at radius 2 is 1.33 bits per heavy atom. The van der Waals surface area contributed by atoms with Crippen LogP contribution in [0.3, 0.4) is 0 Å². The van der Waals surface area contributed by atoms with Gasteiger partial charge in [0.25, 0.3) is 0 Å². The number of nitrogens with zero attached hydrogens (tertiary/aromatic N) is 2. The van der Waals surface area contributed by atoms with Crippen LogP contribution in [0, 0.1) is 0 Å². The van der Waals surface area contributed by atoms with Gasteiger partial charge >= 0.3 is 0 Å². The molecule has 148 valence electrons. The van der Waals surface area contributed by atoms with Crippen LogP contribution in [-0.4, -0.2) is 24.2 Å². The molecule has 4 nitrogen and oxygen atoms in total. The van der Waals surface area contributed by atoms with Crippen LogP contribution in [0.1, 0.15) is 15.6 Å². The van der Waals surface area contributed by atoms with E-state index in [1.54, 1.807) is 36.9 Å². The number of methoxy groups -OCH3 is 2. The Morgan fingerprint density at radius 1 is 0.733 bits per heavy atom. The maximum atomic E-state index is 5.65. The molecule has 5 aromatic rings. The quantitative estimate of drug-likeness (QED) is 0.319. The summed E-state index contributed by atoms with van der Waals surface area (Å²) in [4.78, 5) is 9.80. The van der Waals surface area contributed by atoms with E-state index in [1.807, 2.05) is 54.6 Å². The van der Waals surface area contributed by atoms with E-state index in [0.717, 1.165) is 41.6 Å². The van der Waals surface area contributed by atoms with Crippen molar-refractivity contribution in [3.05, 3.63) is 82.3 Å². The van der Waals surface area contributed by atoms with E-state index >= 15 is 0 Å². The molecule has 0 atom stereocenters. The summed E-state index contributed by atoms with van der Waals surface area (Å²) >= 11 is 3.34. The van der Waals surface area contributed by atoms with Gasteiger partial charge in [0, 0.05) is 11.1 Å². The number of benzene rings is 3. The van der Waals surface area contributed by atoms with Gasteiger partial charge in [0.2, 0.25) is 0 Å². The molecule has 6 heteroatoms. The largest absolute Gasteiger partial charge is 0.493 e. The third kappa shape index (κ3) is 3.34. The molecule has 2 aromatic heterocycles. The average Bonchev–Trinajstić information content (AvgIpc) is 3.41. The van der Waals surface area contributed by atoms with Crippen molar-refractivity contribution in [1.29, 1.82) is 0 Å². The maximum Gasteiger partial charge on any atom is 0.167 e. The van der Waals surface area contributed by atoms with Crippen LogP contribution < -0.4 is 9.47 Å². The topological polar surface area (TPSA) is 44.2 Å². The van der Waals surface area contributed by atoms with E-state index in [4.69, 9.17) is 19.4 Å². The molecule has 0 aliphatic heterocycles. The Bertz CT molecular complexity index is 1240. The lowest BCUT2D eigenvalue weighted by Gasteiger charge is -2.11. The number of ether oxygens (including phenoxy) is 2. The molecule has 0 unspecified atom stereocenters. The third-order valence-electron chi connectivity index (χ3n) is 4.78. The fourth-order valence-corrected chi connectivity index (χ4v) is 5.40. The standard InChI is InChI=1S/C24H18N2O2S2/c1-27-19-11-7-8-15(22(19)28-2)14-16(23-25-17-9-3-5-12-20(17)29-23)24-26-18-10-4-6-13-21(18)30-24/h3-14H,1-2H3. The first kappa shape index (κ1) is 18.8. The van der Waals surface area contributed by atoms with E-state index in [9.17, 15) is 0 Å². The highest BCUT2D eigenvalue weighted by Crippen LogP contribution is 2.39. The fourth-order valence-electron chi connectivity index (χ4n) is 3.37. The molecule has 30 heavy (non-hydrogen) atoms. The smallest absolute Gasteiger partial charge is 0.167 e. The minimum absolute atomic E-state index is 0.694. The lowest BCUT2D eigenvalue weighted by molar-refractivity contribution is 0.354. The molecule has 0 aliphatic rings. The number of rotatable bonds is 5. The molecule has 2 heterocycles. The Balaban J connectivity index is 1.75. The predicted molar refractivity (Wildman–Crippen MR) is 126 cm³/mol. The van der Waals surface area contributed by atoms with Crippen LogP contribution in [0.2, 0.25) is 0 Å². The summed E-state index contributed by atoms with van der Waals surface area (Å²) in [6.07, 6.45) is 2.09. The molecule has 0 amide bonds. The van der Waals surface area contributed by atoms with Gasteiger partial charge in [0.1, 0.15) is 10.0 Å². The van der Waals surface area contributed by atoms with Gasteiger partial charge in [-0.3, -0.25) is 0 Å². The highest BCUT2D eigenvalue weighted by atomic mass is 32.1. The molecular formula is C24H18N2O2S2. The van der Waals surface area contributed by atoms with Crippen molar-refractivity contribution in [2.75, 3.05) is 14.2 Å². The zero-order valence-electron chi connectivity index (χ0n) is 16.5. The van der Waals surface area contributed by atoms with Crippen molar-refractivity contribution < 1.29 is 9.47 Å². The molecule has 0 fully saturated rings. The molecule has 0 N–H and O–H groups in total. The highest BCUT2D eigenvalue weighted by molar-refractivity contribution is 7.22. The summed E-state index contributed by atoms with van der Waals surface area (Å²) in [7, 11) is 3.30. The predicted octanol–water partition coefficient (Wildman–Crippen LogP) is 6.51. The van der Waals surface area contributed by atoms with Crippen LogP contribution in [-0.2, 0) is 0 Å². The molecule has 5 rings (SSSR count). The van der Waals surface area contributed by atoms with E-state index < -0.39 is 0 Å². The third-order valence-corrected chi connectivity index (χ3v) is 6.92. The van der Waals surface area contributed by atoms with Crippen molar-refractivity contribution in [2.45, 2.75) is 0 Å². The van der Waals surface area contributed by atoms with Crippen LogP contribution in [0.4, 0.5) is 0 Å². The normalized spacial score (nSPS) is 11.0. The number of hydrogen-bond donors (Lipinski definition) is 0. The fraction of sp³-hybridized carbons (Fsp3) is 0.0833. The number of aromatic nitrogens is 2. The van der Waals surface area contributed by atoms with Crippen molar-refractivity contribution >= 4 is 54.8 Å². The molecule has 3 aromatic carbocycles. The van der Waals surface area contributed by atoms with E-state index in [-0.39, 0.29) is 0 Å². The number of thiazole rings is 2. The van der Waals surface area contributed by atoms with E-state index in [1.165, 1.54) is 0 Å². The SMILES string of the molecule is COc1cccc(C=C(c2nc3ccccc3s2)c2nc3ccccc3s2)c1OC. The Morgan fingerprint density at radius 3 is 1.87 bits per heavy atom. The lowest BCUT2D eigenvalue weighted by atomic mass is 10.1. The van der Waals surface area contributed by atoms with Crippen LogP contribution in [0.25, 0.3) is 32.1 Å². The van der Waals surface area contributed by atoms with Gasteiger partial charge in [-0.15, -0.1) is 22.7 Å². The van der Waals surface area contributed by atoms with Crippen molar-refractivity contribution in [2.24, 2.45) is 0 Å². The Labute approximate surface area is 182 Å². The number of hydrogen-bond acceptors (Lipinski definition) is 6. The van der Waals surface area contributed by atoms with Gasteiger partial charge in [0.15, 0.2) is 11.5 Å². The highest BCUT2D eigenvalue weighted by Gasteiger charge is 2.17. The summed E-state index contributed by atoms with van der Waals surface area (Å²) < 4.78 is 13.4. The molecule has 0 radical (unpaired) electrons. The van der Waals surface area contributed by atoms with Gasteiger partial charge in [-0.05, 0) is 36.4 Å². The zero-order valence-corrected chi connectivity index (χ0v) is 18.1. The Kier molecular flexibility index (Phi) is 4.94. The van der Waals surface area contributed by atoms with Crippen LogP contribution in [0.15, 0.2) is 66.7 Å². The number of para-hydroxylation sites is 3. The first-order chi connectivity index (χ1) is 14.8. The summed E-state index contributed by atoms with van der Waals surface area (Å²) in [6, 6.07) is 22.2. The molecule has 0 bridgehead atoms.